The van der Waals surface area contributed by atoms with Crippen LogP contribution in [0.2, 0.25) is 0 Å². The zero-order valence-electron chi connectivity index (χ0n) is 18.2. The molecule has 4 rings (SSSR count). The van der Waals surface area contributed by atoms with E-state index in [2.05, 4.69) is 26.8 Å². The van der Waals surface area contributed by atoms with Crippen LogP contribution in [-0.4, -0.2) is 66.1 Å². The Morgan fingerprint density at radius 2 is 1.82 bits per heavy atom. The lowest BCUT2D eigenvalue weighted by atomic mass is 10.0. The number of alkyl halides is 2. The van der Waals surface area contributed by atoms with Gasteiger partial charge in [-0.1, -0.05) is 0 Å². The first-order valence-corrected chi connectivity index (χ1v) is 10.4. The van der Waals surface area contributed by atoms with E-state index in [1.165, 1.54) is 36.2 Å². The average molecular weight is 455 g/mol. The molecule has 1 saturated heterocycles. The predicted octanol–water partition coefficient (Wildman–Crippen LogP) is 2.81. The molecule has 3 aromatic heterocycles. The van der Waals surface area contributed by atoms with E-state index in [-0.39, 0.29) is 28.3 Å². The van der Waals surface area contributed by atoms with Gasteiger partial charge in [-0.15, -0.1) is 0 Å². The molecule has 0 radical (unpaired) electrons. The number of aromatic nitrogens is 3. The van der Waals surface area contributed by atoms with Crippen LogP contribution in [0.15, 0.2) is 47.7 Å². The number of carbonyl (C=O) groups excluding carboxylic acids is 1. The maximum atomic E-state index is 13.3. The van der Waals surface area contributed by atoms with Gasteiger partial charge in [-0.3, -0.25) is 19.1 Å². The summed E-state index contributed by atoms with van der Waals surface area (Å²) in [6.07, 6.45) is 1.90. The number of anilines is 1. The van der Waals surface area contributed by atoms with Crippen LogP contribution in [0, 0.1) is 0 Å². The smallest absolute Gasteiger partial charge is 0.280 e. The molecule has 1 aliphatic heterocycles. The molecule has 10 heteroatoms. The lowest BCUT2D eigenvalue weighted by Gasteiger charge is -2.34. The molecule has 1 aliphatic rings. The maximum absolute atomic E-state index is 13.3. The molecular weight excluding hydrogens is 432 g/mol. The van der Waals surface area contributed by atoms with Crippen LogP contribution in [0.5, 0.6) is 5.75 Å². The number of ether oxygens (including phenoxy) is 1. The Hall–Kier alpha value is -3.66. The molecule has 8 nitrogen and oxygen atoms in total. The number of carbonyl (C=O) groups is 1. The van der Waals surface area contributed by atoms with Crippen molar-refractivity contribution >= 4 is 12.0 Å². The average Bonchev–Trinajstić information content (AvgIpc) is 2.83. The zero-order chi connectivity index (χ0) is 23.5. The molecule has 0 saturated carbocycles. The summed E-state index contributed by atoms with van der Waals surface area (Å²) < 4.78 is 33.1. The Balaban J connectivity index is 1.76. The van der Waals surface area contributed by atoms with E-state index >= 15 is 0 Å². The van der Waals surface area contributed by atoms with E-state index in [0.29, 0.717) is 11.8 Å². The van der Waals surface area contributed by atoms with E-state index in [1.54, 1.807) is 12.3 Å². The van der Waals surface area contributed by atoms with E-state index in [1.807, 2.05) is 6.07 Å². The predicted molar refractivity (Wildman–Crippen MR) is 120 cm³/mol. The van der Waals surface area contributed by atoms with Crippen LogP contribution < -0.4 is 15.2 Å². The molecule has 0 amide bonds. The van der Waals surface area contributed by atoms with Gasteiger partial charge in [0.05, 0.1) is 13.3 Å². The fourth-order valence-electron chi connectivity index (χ4n) is 3.78. The zero-order valence-corrected chi connectivity index (χ0v) is 18.2. The lowest BCUT2D eigenvalue weighted by Crippen LogP contribution is -2.44. The van der Waals surface area contributed by atoms with Gasteiger partial charge in [-0.25, -0.2) is 13.8 Å². The van der Waals surface area contributed by atoms with Gasteiger partial charge in [0.15, 0.2) is 6.29 Å². The van der Waals surface area contributed by atoms with Gasteiger partial charge in [-0.05, 0) is 25.2 Å². The number of rotatable bonds is 6. The van der Waals surface area contributed by atoms with Crippen LogP contribution in [0.1, 0.15) is 22.5 Å². The largest absolute Gasteiger partial charge is 0.494 e. The minimum atomic E-state index is -2.79. The summed E-state index contributed by atoms with van der Waals surface area (Å²) in [5.74, 6) is 0.473. The highest BCUT2D eigenvalue weighted by molar-refractivity contribution is 5.89. The summed E-state index contributed by atoms with van der Waals surface area (Å²) >= 11 is 0. The van der Waals surface area contributed by atoms with E-state index in [4.69, 9.17) is 4.74 Å². The van der Waals surface area contributed by atoms with Crippen molar-refractivity contribution in [2.75, 3.05) is 45.2 Å². The number of methoxy groups -OCH3 is 1. The molecule has 0 unspecified atom stereocenters. The highest BCUT2D eigenvalue weighted by atomic mass is 19.3. The van der Waals surface area contributed by atoms with E-state index in [9.17, 15) is 18.4 Å². The second kappa shape index (κ2) is 9.45. The van der Waals surface area contributed by atoms with Crippen LogP contribution in [0.4, 0.5) is 14.5 Å². The number of likely N-dealkylation sites (N-methyl/N-ethyl adjacent to an activating group) is 1. The molecule has 3 aromatic rings. The Morgan fingerprint density at radius 3 is 2.45 bits per heavy atom. The minimum Gasteiger partial charge on any atom is -0.494 e. The van der Waals surface area contributed by atoms with Crippen molar-refractivity contribution in [1.29, 1.82) is 0 Å². The standard InChI is InChI=1S/C23H23F2N5O3/c1-28-5-7-29(8-6-28)16-3-4-30(22(32)9-16)21-11-17(15(14-31)12-27-21)18-10-19(23(24)25)26-13-20(18)33-2/h3-4,9-14,23H,5-8H2,1-2H3. The van der Waals surface area contributed by atoms with Gasteiger partial charge in [0.2, 0.25) is 0 Å². The quantitative estimate of drug-likeness (QED) is 0.529. The first-order chi connectivity index (χ1) is 15.9. The van der Waals surface area contributed by atoms with Gasteiger partial charge >= 0.3 is 0 Å². The SMILES string of the molecule is COc1cnc(C(F)F)cc1-c1cc(-n2ccc(N3CCN(C)CC3)cc2=O)ncc1C=O. The number of aldehydes is 1. The van der Waals surface area contributed by atoms with Crippen LogP contribution >= 0.6 is 0 Å². The molecule has 33 heavy (non-hydrogen) atoms. The number of piperazine rings is 1. The molecule has 0 spiro atoms. The van der Waals surface area contributed by atoms with Crippen LogP contribution in [0.3, 0.4) is 0 Å². The first kappa shape index (κ1) is 22.5. The van der Waals surface area contributed by atoms with Gasteiger partial charge in [-0.2, -0.15) is 0 Å². The molecule has 1 fully saturated rings. The van der Waals surface area contributed by atoms with Gasteiger partial charge in [0.25, 0.3) is 12.0 Å². The summed E-state index contributed by atoms with van der Waals surface area (Å²) in [5.41, 5.74) is 0.826. The summed E-state index contributed by atoms with van der Waals surface area (Å²) in [4.78, 5) is 36.9. The van der Waals surface area contributed by atoms with Crippen molar-refractivity contribution < 1.29 is 18.3 Å². The van der Waals surface area contributed by atoms with E-state index < -0.39 is 12.1 Å². The van der Waals surface area contributed by atoms with Crippen molar-refractivity contribution in [1.82, 2.24) is 19.4 Å². The van der Waals surface area contributed by atoms with Crippen molar-refractivity contribution in [3.63, 3.8) is 0 Å². The summed E-state index contributed by atoms with van der Waals surface area (Å²) in [5, 5.41) is 0. The van der Waals surface area contributed by atoms with Gasteiger partial charge in [0, 0.05) is 67.0 Å². The first-order valence-electron chi connectivity index (χ1n) is 10.4. The molecular formula is C23H23F2N5O3. The Morgan fingerprint density at radius 1 is 1.06 bits per heavy atom. The summed E-state index contributed by atoms with van der Waals surface area (Å²) in [6, 6.07) is 6.06. The highest BCUT2D eigenvalue weighted by Gasteiger charge is 2.19. The van der Waals surface area contributed by atoms with E-state index in [0.717, 1.165) is 31.9 Å². The lowest BCUT2D eigenvalue weighted by molar-refractivity contribution is 0.112. The third-order valence-electron chi connectivity index (χ3n) is 5.69. The molecule has 0 aliphatic carbocycles. The fourth-order valence-corrected chi connectivity index (χ4v) is 3.78. The number of hydrogen-bond donors (Lipinski definition) is 0. The van der Waals surface area contributed by atoms with Crippen molar-refractivity contribution in [2.45, 2.75) is 6.43 Å². The fraction of sp³-hybridized carbons (Fsp3) is 0.304. The summed E-state index contributed by atoms with van der Waals surface area (Å²) in [7, 11) is 3.44. The maximum Gasteiger partial charge on any atom is 0.280 e. The molecule has 0 aromatic carbocycles. The third kappa shape index (κ3) is 4.61. The second-order valence-corrected chi connectivity index (χ2v) is 7.74. The van der Waals surface area contributed by atoms with Crippen molar-refractivity contribution in [3.05, 3.63) is 64.5 Å². The van der Waals surface area contributed by atoms with Gasteiger partial charge in [0.1, 0.15) is 17.3 Å². The van der Waals surface area contributed by atoms with Crippen molar-refractivity contribution in [2.24, 2.45) is 0 Å². The van der Waals surface area contributed by atoms with Crippen molar-refractivity contribution in [3.8, 4) is 22.7 Å². The van der Waals surface area contributed by atoms with Crippen LogP contribution in [0.25, 0.3) is 16.9 Å². The second-order valence-electron chi connectivity index (χ2n) is 7.74. The third-order valence-corrected chi connectivity index (χ3v) is 5.69. The highest BCUT2D eigenvalue weighted by Crippen LogP contribution is 2.34. The van der Waals surface area contributed by atoms with Crippen LogP contribution in [-0.2, 0) is 0 Å². The minimum absolute atomic E-state index is 0.172. The molecule has 0 bridgehead atoms. The Kier molecular flexibility index (Phi) is 6.45. The molecule has 0 N–H and O–H groups in total. The molecule has 0 atom stereocenters. The number of hydrogen-bond acceptors (Lipinski definition) is 7. The number of halogens is 2. The number of nitrogens with zero attached hydrogens (tertiary/aromatic N) is 5. The topological polar surface area (TPSA) is 80.6 Å². The normalized spacial score (nSPS) is 14.5. The Labute approximate surface area is 189 Å². The Bertz CT molecular complexity index is 1220. The monoisotopic (exact) mass is 455 g/mol. The van der Waals surface area contributed by atoms with Gasteiger partial charge < -0.3 is 14.5 Å². The summed E-state index contributed by atoms with van der Waals surface area (Å²) in [6.45, 7) is 3.47. The molecule has 172 valence electrons. The molecule has 4 heterocycles. The number of pyridine rings is 3.